The summed E-state index contributed by atoms with van der Waals surface area (Å²) in [5.74, 6) is 1.83. The smallest absolute Gasteiger partial charge is 0.410 e. The maximum absolute atomic E-state index is 13.2. The van der Waals surface area contributed by atoms with E-state index in [1.807, 2.05) is 31.7 Å². The Bertz CT molecular complexity index is 962. The van der Waals surface area contributed by atoms with Crippen LogP contribution in [0.2, 0.25) is 0 Å². The van der Waals surface area contributed by atoms with Gasteiger partial charge in [-0.2, -0.15) is 0 Å². The molecule has 0 saturated heterocycles. The maximum Gasteiger partial charge on any atom is 0.410 e. The first-order valence-corrected chi connectivity index (χ1v) is 10.6. The van der Waals surface area contributed by atoms with Crippen LogP contribution in [-0.4, -0.2) is 36.9 Å². The van der Waals surface area contributed by atoms with Crippen molar-refractivity contribution >= 4 is 6.09 Å². The van der Waals surface area contributed by atoms with E-state index in [0.29, 0.717) is 6.54 Å². The summed E-state index contributed by atoms with van der Waals surface area (Å²) in [6.07, 6.45) is 0.629. The van der Waals surface area contributed by atoms with Crippen molar-refractivity contribution < 1.29 is 19.0 Å². The Labute approximate surface area is 178 Å². The Morgan fingerprint density at radius 2 is 1.63 bits per heavy atom. The number of methoxy groups -OCH3 is 2. The highest BCUT2D eigenvalue weighted by Gasteiger charge is 2.44. The first-order valence-electron chi connectivity index (χ1n) is 10.6. The fraction of sp³-hybridized carbons (Fsp3) is 0.480. The van der Waals surface area contributed by atoms with Gasteiger partial charge in [-0.15, -0.1) is 0 Å². The summed E-state index contributed by atoms with van der Waals surface area (Å²) in [6, 6.07) is 12.7. The molecule has 160 valence electrons. The molecule has 2 aliphatic rings. The van der Waals surface area contributed by atoms with E-state index in [1.54, 1.807) is 14.2 Å². The highest BCUT2D eigenvalue weighted by Crippen LogP contribution is 2.50. The second kappa shape index (κ2) is 7.53. The summed E-state index contributed by atoms with van der Waals surface area (Å²) in [5.41, 5.74) is 4.38. The van der Waals surface area contributed by atoms with Gasteiger partial charge in [-0.3, -0.25) is 4.90 Å². The molecular formula is C25H31NO4. The summed E-state index contributed by atoms with van der Waals surface area (Å²) in [4.78, 5) is 15.1. The van der Waals surface area contributed by atoms with Crippen LogP contribution in [0.15, 0.2) is 36.4 Å². The van der Waals surface area contributed by atoms with Gasteiger partial charge >= 0.3 is 6.09 Å². The normalized spacial score (nSPS) is 22.5. The zero-order chi connectivity index (χ0) is 21.6. The van der Waals surface area contributed by atoms with Gasteiger partial charge in [0.05, 0.1) is 14.2 Å². The third-order valence-corrected chi connectivity index (χ3v) is 6.19. The summed E-state index contributed by atoms with van der Waals surface area (Å²) < 4.78 is 17.0. The Balaban J connectivity index is 1.86. The van der Waals surface area contributed by atoms with Crippen LogP contribution in [0.25, 0.3) is 0 Å². The number of carbonyl (C=O) groups excluding carboxylic acids is 1. The monoisotopic (exact) mass is 409 g/mol. The van der Waals surface area contributed by atoms with Gasteiger partial charge in [-0.1, -0.05) is 31.2 Å². The number of carbonyl (C=O) groups is 1. The zero-order valence-corrected chi connectivity index (χ0v) is 18.7. The molecule has 1 heterocycles. The molecule has 2 aromatic rings. The highest BCUT2D eigenvalue weighted by atomic mass is 16.6. The molecule has 0 fully saturated rings. The molecule has 0 unspecified atom stereocenters. The molecule has 0 bridgehead atoms. The van der Waals surface area contributed by atoms with E-state index in [1.165, 1.54) is 22.3 Å². The van der Waals surface area contributed by atoms with Crippen molar-refractivity contribution in [2.45, 2.75) is 64.1 Å². The molecule has 30 heavy (non-hydrogen) atoms. The first kappa shape index (κ1) is 20.6. The molecule has 5 nitrogen and oxygen atoms in total. The van der Waals surface area contributed by atoms with Crippen molar-refractivity contribution in [2.75, 3.05) is 14.2 Å². The third-order valence-electron chi connectivity index (χ3n) is 6.19. The van der Waals surface area contributed by atoms with E-state index >= 15 is 0 Å². The number of ether oxygens (including phenoxy) is 3. The fourth-order valence-corrected chi connectivity index (χ4v) is 4.92. The predicted molar refractivity (Wildman–Crippen MR) is 116 cm³/mol. The number of hydrogen-bond donors (Lipinski definition) is 0. The van der Waals surface area contributed by atoms with Crippen molar-refractivity contribution in [2.24, 2.45) is 0 Å². The lowest BCUT2D eigenvalue weighted by atomic mass is 9.68. The molecule has 0 saturated carbocycles. The highest BCUT2D eigenvalue weighted by molar-refractivity contribution is 5.70. The van der Waals surface area contributed by atoms with Crippen molar-refractivity contribution in [3.05, 3.63) is 58.7 Å². The third kappa shape index (κ3) is 3.51. The lowest BCUT2D eigenvalue weighted by Gasteiger charge is -2.47. The van der Waals surface area contributed by atoms with Gasteiger partial charge in [-0.05, 0) is 67.5 Å². The van der Waals surface area contributed by atoms with Gasteiger partial charge in [0.1, 0.15) is 5.60 Å². The van der Waals surface area contributed by atoms with Crippen molar-refractivity contribution in [1.29, 1.82) is 0 Å². The van der Waals surface area contributed by atoms with E-state index in [-0.39, 0.29) is 24.0 Å². The van der Waals surface area contributed by atoms with E-state index in [2.05, 4.69) is 37.3 Å². The van der Waals surface area contributed by atoms with E-state index < -0.39 is 5.60 Å². The van der Waals surface area contributed by atoms with Crippen LogP contribution in [0, 0.1) is 0 Å². The minimum Gasteiger partial charge on any atom is -0.493 e. The number of amides is 1. The van der Waals surface area contributed by atoms with Crippen molar-refractivity contribution in [1.82, 2.24) is 4.90 Å². The summed E-state index contributed by atoms with van der Waals surface area (Å²) >= 11 is 0. The van der Waals surface area contributed by atoms with Crippen LogP contribution in [-0.2, 0) is 11.3 Å². The van der Waals surface area contributed by atoms with Gasteiger partial charge in [0.25, 0.3) is 0 Å². The fourth-order valence-electron chi connectivity index (χ4n) is 4.92. The molecule has 0 aromatic heterocycles. The van der Waals surface area contributed by atoms with Crippen molar-refractivity contribution in [3.8, 4) is 11.5 Å². The molecule has 1 aliphatic heterocycles. The lowest BCUT2D eigenvalue weighted by molar-refractivity contribution is 0.00712. The van der Waals surface area contributed by atoms with E-state index in [4.69, 9.17) is 14.2 Å². The Morgan fingerprint density at radius 1 is 1.00 bits per heavy atom. The van der Waals surface area contributed by atoms with Gasteiger partial charge in [0.15, 0.2) is 11.5 Å². The standard InChI is InChI=1S/C25H31NO4/c1-15-11-20-23(19-13-22(29-6)21(28-5)12-18(15)19)17-10-8-7-9-16(17)14-26(20)24(27)30-25(2,3)4/h7-10,12-13,15,20,23H,11,14H2,1-6H3/t15-,20+,23+/m0/s1. The molecule has 3 atom stereocenters. The van der Waals surface area contributed by atoms with Gasteiger partial charge < -0.3 is 14.2 Å². The molecule has 1 amide bonds. The molecule has 5 heteroatoms. The van der Waals surface area contributed by atoms with Crippen molar-refractivity contribution in [3.63, 3.8) is 0 Å². The van der Waals surface area contributed by atoms with Crippen LogP contribution < -0.4 is 9.47 Å². The molecule has 0 radical (unpaired) electrons. The molecule has 0 N–H and O–H groups in total. The van der Waals surface area contributed by atoms with Crippen LogP contribution in [0.4, 0.5) is 4.79 Å². The topological polar surface area (TPSA) is 48.0 Å². The summed E-state index contributed by atoms with van der Waals surface area (Å²) in [5, 5.41) is 0. The lowest BCUT2D eigenvalue weighted by Crippen LogP contribution is -2.50. The molecule has 1 aliphatic carbocycles. The Morgan fingerprint density at radius 3 is 2.27 bits per heavy atom. The molecular weight excluding hydrogens is 378 g/mol. The maximum atomic E-state index is 13.2. The van der Waals surface area contributed by atoms with Gasteiger partial charge in [0, 0.05) is 18.5 Å². The van der Waals surface area contributed by atoms with Gasteiger partial charge in [0.2, 0.25) is 0 Å². The van der Waals surface area contributed by atoms with Gasteiger partial charge in [-0.25, -0.2) is 4.79 Å². The minimum absolute atomic E-state index is 0.0374. The predicted octanol–water partition coefficient (Wildman–Crippen LogP) is 5.46. The second-order valence-corrected chi connectivity index (χ2v) is 9.32. The van der Waals surface area contributed by atoms with Crippen LogP contribution in [0.1, 0.15) is 68.2 Å². The zero-order valence-electron chi connectivity index (χ0n) is 18.7. The Kier molecular flexibility index (Phi) is 5.16. The molecule has 4 rings (SSSR count). The number of rotatable bonds is 2. The number of nitrogens with zero attached hydrogens (tertiary/aromatic N) is 1. The van der Waals surface area contributed by atoms with Crippen LogP contribution >= 0.6 is 0 Å². The SMILES string of the molecule is COc1cc2c(cc1OC)[C@@H](C)C[C@@H]1[C@@H]2c2ccccc2CN1C(=O)OC(C)(C)C. The summed E-state index contributed by atoms with van der Waals surface area (Å²) in [6.45, 7) is 8.53. The Hall–Kier alpha value is -2.69. The minimum atomic E-state index is -0.529. The van der Waals surface area contributed by atoms with E-state index in [0.717, 1.165) is 17.9 Å². The number of benzene rings is 2. The van der Waals surface area contributed by atoms with Crippen LogP contribution in [0.5, 0.6) is 11.5 Å². The molecule has 0 spiro atoms. The first-order chi connectivity index (χ1) is 14.2. The average Bonchev–Trinajstić information content (AvgIpc) is 2.70. The molecule has 2 aromatic carbocycles. The second-order valence-electron chi connectivity index (χ2n) is 9.32. The summed E-state index contributed by atoms with van der Waals surface area (Å²) in [7, 11) is 3.33. The van der Waals surface area contributed by atoms with E-state index in [9.17, 15) is 4.79 Å². The largest absolute Gasteiger partial charge is 0.493 e. The van der Waals surface area contributed by atoms with Crippen LogP contribution in [0.3, 0.4) is 0 Å². The quantitative estimate of drug-likeness (QED) is 0.661. The number of hydrogen-bond acceptors (Lipinski definition) is 4. The number of fused-ring (bicyclic) bond motifs is 5. The average molecular weight is 410 g/mol.